The third-order valence-electron chi connectivity index (χ3n) is 4.80. The summed E-state index contributed by atoms with van der Waals surface area (Å²) >= 11 is 0. The number of benzene rings is 2. The van der Waals surface area contributed by atoms with E-state index in [1.165, 1.54) is 23.6 Å². The summed E-state index contributed by atoms with van der Waals surface area (Å²) in [6.07, 6.45) is 2.93. The van der Waals surface area contributed by atoms with Crippen molar-refractivity contribution in [2.75, 3.05) is 20.6 Å². The summed E-state index contributed by atoms with van der Waals surface area (Å²) in [6.45, 7) is 3.39. The molecule has 2 aromatic carbocycles. The molecular weight excluding hydrogens is 513 g/mol. The van der Waals surface area contributed by atoms with Crippen molar-refractivity contribution in [3.05, 3.63) is 65.4 Å². The summed E-state index contributed by atoms with van der Waals surface area (Å²) in [5.74, 6) is 0.701. The van der Waals surface area contributed by atoms with Crippen molar-refractivity contribution in [1.29, 1.82) is 0 Å². The van der Waals surface area contributed by atoms with Gasteiger partial charge in [0.05, 0.1) is 4.90 Å². The number of hydrogen-bond donors (Lipinski definition) is 4. The molecule has 3 aromatic rings. The molecule has 30 heavy (non-hydrogen) atoms. The minimum atomic E-state index is -3.41. The van der Waals surface area contributed by atoms with Gasteiger partial charge in [0.1, 0.15) is 0 Å². The zero-order chi connectivity index (χ0) is 20.9. The molecule has 0 unspecified atom stereocenters. The summed E-state index contributed by atoms with van der Waals surface area (Å²) < 4.78 is 25.9. The molecule has 3 rings (SSSR count). The highest BCUT2D eigenvalue weighted by atomic mass is 127. The van der Waals surface area contributed by atoms with E-state index in [0.717, 1.165) is 24.0 Å². The molecule has 7 nitrogen and oxygen atoms in total. The Morgan fingerprint density at radius 2 is 1.83 bits per heavy atom. The molecule has 0 atom stereocenters. The first-order valence-electron chi connectivity index (χ1n) is 9.46. The van der Waals surface area contributed by atoms with E-state index >= 15 is 0 Å². The van der Waals surface area contributed by atoms with Gasteiger partial charge in [0.25, 0.3) is 0 Å². The fourth-order valence-electron chi connectivity index (χ4n) is 3.13. The first-order chi connectivity index (χ1) is 13.9. The van der Waals surface area contributed by atoms with Crippen LogP contribution in [0.2, 0.25) is 0 Å². The number of rotatable bonds is 7. The maximum Gasteiger partial charge on any atom is 0.240 e. The number of aliphatic imine (C=N–C) groups is 1. The molecule has 0 radical (unpaired) electrons. The topological polar surface area (TPSA) is 98.4 Å². The van der Waals surface area contributed by atoms with E-state index < -0.39 is 10.0 Å². The molecule has 1 aromatic heterocycles. The number of nitrogens with zero attached hydrogens (tertiary/aromatic N) is 1. The van der Waals surface area contributed by atoms with E-state index in [0.29, 0.717) is 12.5 Å². The molecule has 0 aliphatic carbocycles. The van der Waals surface area contributed by atoms with Gasteiger partial charge in [-0.25, -0.2) is 13.1 Å². The Bertz CT molecular complexity index is 1110. The second-order valence-electron chi connectivity index (χ2n) is 6.82. The molecule has 1 heterocycles. The van der Waals surface area contributed by atoms with E-state index in [1.54, 1.807) is 31.3 Å². The van der Waals surface area contributed by atoms with Crippen molar-refractivity contribution in [3.8, 4) is 0 Å². The Kier molecular flexibility index (Phi) is 8.68. The molecule has 0 bridgehead atoms. The van der Waals surface area contributed by atoms with E-state index in [1.807, 2.05) is 0 Å². The Balaban J connectivity index is 0.00000320. The van der Waals surface area contributed by atoms with Crippen LogP contribution in [0.3, 0.4) is 0 Å². The lowest BCUT2D eigenvalue weighted by molar-refractivity contribution is 0.588. The van der Waals surface area contributed by atoms with Crippen LogP contribution in [-0.2, 0) is 23.0 Å². The number of guanidine groups is 1. The Morgan fingerprint density at radius 1 is 1.10 bits per heavy atom. The molecule has 0 saturated heterocycles. The third kappa shape index (κ3) is 5.96. The van der Waals surface area contributed by atoms with E-state index in [9.17, 15) is 8.42 Å². The summed E-state index contributed by atoms with van der Waals surface area (Å²) in [6, 6.07) is 13.2. The van der Waals surface area contributed by atoms with E-state index in [2.05, 4.69) is 56.7 Å². The molecule has 0 aliphatic heterocycles. The highest BCUT2D eigenvalue weighted by Gasteiger charge is 2.10. The predicted octanol–water partition coefficient (Wildman–Crippen LogP) is 2.91. The zero-order valence-corrected chi connectivity index (χ0v) is 20.5. The second-order valence-corrected chi connectivity index (χ2v) is 8.70. The Hall–Kier alpha value is -2.11. The Morgan fingerprint density at radius 3 is 2.50 bits per heavy atom. The summed E-state index contributed by atoms with van der Waals surface area (Å²) in [7, 11) is -0.283. The number of H-pyrrole nitrogens is 1. The number of aromatic amines is 1. The van der Waals surface area contributed by atoms with Crippen LogP contribution in [0.1, 0.15) is 16.7 Å². The lowest BCUT2D eigenvalue weighted by atomic mass is 10.1. The van der Waals surface area contributed by atoms with Gasteiger partial charge in [0.15, 0.2) is 5.96 Å². The normalized spacial score (nSPS) is 11.9. The summed E-state index contributed by atoms with van der Waals surface area (Å²) in [5, 5.41) is 7.81. The predicted molar refractivity (Wildman–Crippen MR) is 133 cm³/mol. The van der Waals surface area contributed by atoms with Crippen LogP contribution in [-0.4, -0.2) is 40.0 Å². The van der Waals surface area contributed by atoms with Crippen LogP contribution in [0.25, 0.3) is 10.9 Å². The standard InChI is InChI=1S/C21H27N5O2S.HI/c1-15-4-9-19-17(14-25-20(19)12-15)10-11-24-21(22-2)26-13-16-5-7-18(8-6-16)29(27,28)23-3;/h4-9,12,14,23,25H,10-11,13H2,1-3H3,(H2,22,24,26);1H. The fraction of sp³-hybridized carbons (Fsp3) is 0.286. The molecule has 4 N–H and O–H groups in total. The number of fused-ring (bicyclic) bond motifs is 1. The van der Waals surface area contributed by atoms with Crippen LogP contribution in [0, 0.1) is 6.92 Å². The van der Waals surface area contributed by atoms with Gasteiger partial charge < -0.3 is 15.6 Å². The lowest BCUT2D eigenvalue weighted by Gasteiger charge is -2.12. The first-order valence-corrected chi connectivity index (χ1v) is 10.9. The summed E-state index contributed by atoms with van der Waals surface area (Å²) in [4.78, 5) is 7.82. The molecular formula is C21H28IN5O2S. The molecule has 9 heteroatoms. The van der Waals surface area contributed by atoms with Gasteiger partial charge in [-0.3, -0.25) is 4.99 Å². The fourth-order valence-corrected chi connectivity index (χ4v) is 3.86. The van der Waals surface area contributed by atoms with Gasteiger partial charge in [-0.1, -0.05) is 24.3 Å². The van der Waals surface area contributed by atoms with Gasteiger partial charge in [-0.15, -0.1) is 24.0 Å². The second kappa shape index (κ2) is 10.8. The average molecular weight is 541 g/mol. The van der Waals surface area contributed by atoms with Gasteiger partial charge in [0.2, 0.25) is 10.0 Å². The number of hydrogen-bond acceptors (Lipinski definition) is 3. The number of nitrogens with one attached hydrogen (secondary N) is 4. The lowest BCUT2D eigenvalue weighted by Crippen LogP contribution is -2.37. The van der Waals surface area contributed by atoms with Crippen molar-refractivity contribution in [3.63, 3.8) is 0 Å². The number of halogens is 1. The van der Waals surface area contributed by atoms with Crippen LogP contribution in [0.5, 0.6) is 0 Å². The number of aryl methyl sites for hydroxylation is 1. The zero-order valence-electron chi connectivity index (χ0n) is 17.3. The molecule has 0 spiro atoms. The van der Waals surface area contributed by atoms with Crippen LogP contribution in [0.4, 0.5) is 0 Å². The molecule has 162 valence electrons. The average Bonchev–Trinajstić information content (AvgIpc) is 3.12. The van der Waals surface area contributed by atoms with E-state index in [-0.39, 0.29) is 28.9 Å². The van der Waals surface area contributed by atoms with Gasteiger partial charge in [-0.05, 0) is 55.3 Å². The molecule has 0 aliphatic rings. The molecule has 0 fully saturated rings. The van der Waals surface area contributed by atoms with Crippen LogP contribution < -0.4 is 15.4 Å². The van der Waals surface area contributed by atoms with Gasteiger partial charge >= 0.3 is 0 Å². The number of sulfonamides is 1. The van der Waals surface area contributed by atoms with Crippen LogP contribution in [0.15, 0.2) is 58.5 Å². The maximum absolute atomic E-state index is 11.8. The van der Waals surface area contributed by atoms with Crippen LogP contribution >= 0.6 is 24.0 Å². The quantitative estimate of drug-likeness (QED) is 0.210. The van der Waals surface area contributed by atoms with Crippen molar-refractivity contribution >= 4 is 50.9 Å². The first kappa shape index (κ1) is 24.2. The largest absolute Gasteiger partial charge is 0.361 e. The highest BCUT2D eigenvalue weighted by Crippen LogP contribution is 2.19. The highest BCUT2D eigenvalue weighted by molar-refractivity contribution is 14.0. The van der Waals surface area contributed by atoms with Crippen molar-refractivity contribution in [1.82, 2.24) is 20.3 Å². The summed E-state index contributed by atoms with van der Waals surface area (Å²) in [5.41, 5.74) is 4.63. The van der Waals surface area contributed by atoms with Crippen molar-refractivity contribution in [2.45, 2.75) is 24.8 Å². The molecule has 0 saturated carbocycles. The Labute approximate surface area is 194 Å². The monoisotopic (exact) mass is 541 g/mol. The van der Waals surface area contributed by atoms with Gasteiger partial charge in [0, 0.05) is 37.2 Å². The minimum absolute atomic E-state index is 0. The van der Waals surface area contributed by atoms with Crippen molar-refractivity contribution < 1.29 is 8.42 Å². The number of aromatic nitrogens is 1. The van der Waals surface area contributed by atoms with Gasteiger partial charge in [-0.2, -0.15) is 0 Å². The van der Waals surface area contributed by atoms with Crippen molar-refractivity contribution in [2.24, 2.45) is 4.99 Å². The maximum atomic E-state index is 11.8. The molecule has 0 amide bonds. The van der Waals surface area contributed by atoms with E-state index in [4.69, 9.17) is 0 Å². The minimum Gasteiger partial charge on any atom is -0.361 e. The smallest absolute Gasteiger partial charge is 0.240 e. The third-order valence-corrected chi connectivity index (χ3v) is 6.23. The SMILES string of the molecule is CN=C(NCCc1c[nH]c2cc(C)ccc12)NCc1ccc(S(=O)(=O)NC)cc1.I.